The number of halogens is 1. The quantitative estimate of drug-likeness (QED) is 0.698. The van der Waals surface area contributed by atoms with Gasteiger partial charge >= 0.3 is 0 Å². The van der Waals surface area contributed by atoms with Crippen LogP contribution in [0.15, 0.2) is 46.9 Å². The van der Waals surface area contributed by atoms with Gasteiger partial charge in [0.25, 0.3) is 0 Å². The van der Waals surface area contributed by atoms with Gasteiger partial charge in [0.1, 0.15) is 18.1 Å². The monoisotopic (exact) mass is 432 g/mol. The lowest BCUT2D eigenvalue weighted by molar-refractivity contribution is -0.139. The van der Waals surface area contributed by atoms with Crippen LogP contribution in [0.1, 0.15) is 6.92 Å². The van der Waals surface area contributed by atoms with Gasteiger partial charge in [0.2, 0.25) is 5.91 Å². The zero-order valence-corrected chi connectivity index (χ0v) is 17.5. The molecule has 0 aliphatic carbocycles. The lowest BCUT2D eigenvalue weighted by atomic mass is 10.1. The molecule has 0 bridgehead atoms. The molecule has 0 saturated carbocycles. The van der Waals surface area contributed by atoms with Gasteiger partial charge in [-0.3, -0.25) is 9.69 Å². The van der Waals surface area contributed by atoms with E-state index in [1.54, 1.807) is 12.0 Å². The zero-order valence-electron chi connectivity index (χ0n) is 15.9. The Labute approximate surface area is 169 Å². The molecule has 0 radical (unpaired) electrons. The highest BCUT2D eigenvalue weighted by Gasteiger charge is 2.28. The number of hydrogen-bond acceptors (Lipinski definition) is 4. The standard InChI is InChI=1S/C21H25BrN2O3/c1-15-21(25)23(2)10-11-24(15)12-13-27-18-7-4-16(5-8-18)17-6-9-19(22)20(14-17)26-3/h4-9,14-15H,10-13H2,1-3H3/t15-/m1/s1. The molecule has 27 heavy (non-hydrogen) atoms. The average Bonchev–Trinajstić information content (AvgIpc) is 2.69. The van der Waals surface area contributed by atoms with Gasteiger partial charge in [-0.25, -0.2) is 0 Å². The van der Waals surface area contributed by atoms with E-state index in [9.17, 15) is 4.79 Å². The molecule has 2 aromatic rings. The van der Waals surface area contributed by atoms with Crippen LogP contribution < -0.4 is 9.47 Å². The summed E-state index contributed by atoms with van der Waals surface area (Å²) in [6, 6.07) is 14.0. The molecule has 1 amide bonds. The van der Waals surface area contributed by atoms with Crippen LogP contribution >= 0.6 is 15.9 Å². The number of carbonyl (C=O) groups excluding carboxylic acids is 1. The first kappa shape index (κ1) is 19.7. The van der Waals surface area contributed by atoms with E-state index in [2.05, 4.69) is 20.8 Å². The molecule has 2 aromatic carbocycles. The summed E-state index contributed by atoms with van der Waals surface area (Å²) >= 11 is 3.47. The Morgan fingerprint density at radius 2 is 1.81 bits per heavy atom. The van der Waals surface area contributed by atoms with Crippen LogP contribution in [-0.4, -0.2) is 62.1 Å². The van der Waals surface area contributed by atoms with Crippen LogP contribution in [0.5, 0.6) is 11.5 Å². The molecule has 144 valence electrons. The van der Waals surface area contributed by atoms with Gasteiger partial charge in [0.05, 0.1) is 17.6 Å². The minimum atomic E-state index is -0.0814. The number of amides is 1. The Kier molecular flexibility index (Phi) is 6.39. The van der Waals surface area contributed by atoms with Crippen molar-refractivity contribution in [3.05, 3.63) is 46.9 Å². The second-order valence-corrected chi connectivity index (χ2v) is 7.55. The largest absolute Gasteiger partial charge is 0.496 e. The molecular formula is C21H25BrN2O3. The minimum absolute atomic E-state index is 0.0814. The van der Waals surface area contributed by atoms with Crippen LogP contribution in [-0.2, 0) is 4.79 Å². The molecule has 0 N–H and O–H groups in total. The van der Waals surface area contributed by atoms with E-state index in [4.69, 9.17) is 9.47 Å². The summed E-state index contributed by atoms with van der Waals surface area (Å²) in [5.41, 5.74) is 2.19. The molecule has 5 nitrogen and oxygen atoms in total. The molecule has 1 atom stereocenters. The van der Waals surface area contributed by atoms with E-state index < -0.39 is 0 Å². The summed E-state index contributed by atoms with van der Waals surface area (Å²) in [6.45, 7) is 4.92. The van der Waals surface area contributed by atoms with Gasteiger partial charge in [-0.15, -0.1) is 0 Å². The number of nitrogens with zero attached hydrogens (tertiary/aromatic N) is 2. The molecule has 0 spiro atoms. The van der Waals surface area contributed by atoms with Crippen LogP contribution in [0.2, 0.25) is 0 Å². The maximum Gasteiger partial charge on any atom is 0.239 e. The molecule has 1 aliphatic heterocycles. The van der Waals surface area contributed by atoms with E-state index in [0.29, 0.717) is 6.61 Å². The van der Waals surface area contributed by atoms with Gasteiger partial charge in [-0.2, -0.15) is 0 Å². The third-order valence-electron chi connectivity index (χ3n) is 4.99. The first-order chi connectivity index (χ1) is 13.0. The second-order valence-electron chi connectivity index (χ2n) is 6.69. The topological polar surface area (TPSA) is 42.0 Å². The number of piperazine rings is 1. The Morgan fingerprint density at radius 3 is 2.52 bits per heavy atom. The van der Waals surface area contributed by atoms with Crippen molar-refractivity contribution in [2.75, 3.05) is 40.4 Å². The first-order valence-corrected chi connectivity index (χ1v) is 9.84. The fourth-order valence-electron chi connectivity index (χ4n) is 3.23. The van der Waals surface area contributed by atoms with Gasteiger partial charge in [-0.1, -0.05) is 18.2 Å². The number of benzene rings is 2. The Morgan fingerprint density at radius 1 is 1.11 bits per heavy atom. The molecule has 6 heteroatoms. The van der Waals surface area contributed by atoms with Crippen molar-refractivity contribution in [1.29, 1.82) is 0 Å². The SMILES string of the molecule is COc1cc(-c2ccc(OCCN3CCN(C)C(=O)[C@H]3C)cc2)ccc1Br. The van der Waals surface area contributed by atoms with Crippen molar-refractivity contribution >= 4 is 21.8 Å². The summed E-state index contributed by atoms with van der Waals surface area (Å²) in [4.78, 5) is 16.0. The van der Waals surface area contributed by atoms with Gasteiger partial charge in [0, 0.05) is 26.7 Å². The maximum atomic E-state index is 12.0. The summed E-state index contributed by atoms with van der Waals surface area (Å²) < 4.78 is 12.2. The van der Waals surface area contributed by atoms with Crippen molar-refractivity contribution < 1.29 is 14.3 Å². The number of rotatable bonds is 6. The van der Waals surface area contributed by atoms with Crippen LogP contribution in [0.4, 0.5) is 0 Å². The number of carbonyl (C=O) groups is 1. The lowest BCUT2D eigenvalue weighted by Gasteiger charge is -2.37. The van der Waals surface area contributed by atoms with Crippen LogP contribution in [0.3, 0.4) is 0 Å². The van der Waals surface area contributed by atoms with Crippen LogP contribution in [0, 0.1) is 0 Å². The molecule has 1 fully saturated rings. The second kappa shape index (κ2) is 8.76. The van der Waals surface area contributed by atoms with Gasteiger partial charge < -0.3 is 14.4 Å². The molecule has 1 saturated heterocycles. The van der Waals surface area contributed by atoms with Crippen LogP contribution in [0.25, 0.3) is 11.1 Å². The fourth-order valence-corrected chi connectivity index (χ4v) is 3.64. The first-order valence-electron chi connectivity index (χ1n) is 9.05. The highest BCUT2D eigenvalue weighted by atomic mass is 79.9. The van der Waals surface area contributed by atoms with Crippen molar-refractivity contribution in [3.8, 4) is 22.6 Å². The lowest BCUT2D eigenvalue weighted by Crippen LogP contribution is -2.55. The fraction of sp³-hybridized carbons (Fsp3) is 0.381. The highest BCUT2D eigenvalue weighted by molar-refractivity contribution is 9.10. The Bertz CT molecular complexity index is 795. The number of likely N-dealkylation sites (N-methyl/N-ethyl adjacent to an activating group) is 1. The van der Waals surface area contributed by atoms with E-state index in [-0.39, 0.29) is 11.9 Å². The predicted octanol–water partition coefficient (Wildman–Crippen LogP) is 3.67. The molecular weight excluding hydrogens is 408 g/mol. The van der Waals surface area contributed by atoms with Crippen molar-refractivity contribution in [2.45, 2.75) is 13.0 Å². The molecule has 0 unspecified atom stereocenters. The predicted molar refractivity (Wildman–Crippen MR) is 110 cm³/mol. The number of methoxy groups -OCH3 is 1. The summed E-state index contributed by atoms with van der Waals surface area (Å²) in [6.07, 6.45) is 0. The smallest absolute Gasteiger partial charge is 0.239 e. The Balaban J connectivity index is 1.56. The molecule has 0 aromatic heterocycles. The Hall–Kier alpha value is -2.05. The van der Waals surface area contributed by atoms with Crippen molar-refractivity contribution in [2.24, 2.45) is 0 Å². The third-order valence-corrected chi connectivity index (χ3v) is 5.65. The maximum absolute atomic E-state index is 12.0. The minimum Gasteiger partial charge on any atom is -0.496 e. The average molecular weight is 433 g/mol. The number of hydrogen-bond donors (Lipinski definition) is 0. The zero-order chi connectivity index (χ0) is 19.4. The van der Waals surface area contributed by atoms with E-state index in [1.165, 1.54) is 0 Å². The highest BCUT2D eigenvalue weighted by Crippen LogP contribution is 2.31. The van der Waals surface area contributed by atoms with E-state index >= 15 is 0 Å². The molecule has 1 heterocycles. The summed E-state index contributed by atoms with van der Waals surface area (Å²) in [7, 11) is 3.52. The van der Waals surface area contributed by atoms with E-state index in [1.807, 2.05) is 56.4 Å². The molecule has 1 aliphatic rings. The van der Waals surface area contributed by atoms with Gasteiger partial charge in [0.15, 0.2) is 0 Å². The van der Waals surface area contributed by atoms with Crippen molar-refractivity contribution in [1.82, 2.24) is 9.80 Å². The number of ether oxygens (including phenoxy) is 2. The normalized spacial score (nSPS) is 17.9. The molecule has 3 rings (SSSR count). The third kappa shape index (κ3) is 4.62. The summed E-state index contributed by atoms with van der Waals surface area (Å²) in [5, 5.41) is 0. The summed E-state index contributed by atoms with van der Waals surface area (Å²) in [5.74, 6) is 1.81. The van der Waals surface area contributed by atoms with Gasteiger partial charge in [-0.05, 0) is 58.2 Å². The van der Waals surface area contributed by atoms with E-state index in [0.717, 1.165) is 46.7 Å². The van der Waals surface area contributed by atoms with Crippen molar-refractivity contribution in [3.63, 3.8) is 0 Å².